The Morgan fingerprint density at radius 1 is 1.26 bits per heavy atom. The highest BCUT2D eigenvalue weighted by molar-refractivity contribution is 5.02. The highest BCUT2D eigenvalue weighted by atomic mass is 16.6. The number of unbranched alkanes of at least 4 members (excludes halogenated alkanes) is 1. The summed E-state index contributed by atoms with van der Waals surface area (Å²) in [5.74, 6) is 0. The van der Waals surface area contributed by atoms with Gasteiger partial charge in [-0.3, -0.25) is 0 Å². The molecule has 1 rings (SSSR count). The lowest BCUT2D eigenvalue weighted by atomic mass is 10.1. The van der Waals surface area contributed by atoms with Crippen molar-refractivity contribution in [3.05, 3.63) is 23.3 Å². The van der Waals surface area contributed by atoms with Gasteiger partial charge in [-0.1, -0.05) is 37.1 Å². The lowest BCUT2D eigenvalue weighted by Gasteiger charge is -2.06. The van der Waals surface area contributed by atoms with Gasteiger partial charge in [0.15, 0.2) is 0 Å². The van der Waals surface area contributed by atoms with Crippen LogP contribution in [0.15, 0.2) is 23.3 Å². The van der Waals surface area contributed by atoms with E-state index in [0.29, 0.717) is 6.10 Å². The van der Waals surface area contributed by atoms with Crippen LogP contribution < -0.4 is 0 Å². The van der Waals surface area contributed by atoms with Crippen molar-refractivity contribution in [3.63, 3.8) is 0 Å². The fraction of sp³-hybridized carbons (Fsp3) is 0.765. The van der Waals surface area contributed by atoms with Crippen LogP contribution in [-0.4, -0.2) is 25.9 Å². The van der Waals surface area contributed by atoms with Crippen molar-refractivity contribution in [2.45, 2.75) is 65.4 Å². The molecule has 0 radical (unpaired) electrons. The second-order valence-electron chi connectivity index (χ2n) is 5.35. The van der Waals surface area contributed by atoms with Crippen LogP contribution >= 0.6 is 0 Å². The molecule has 0 aromatic rings. The molecular formula is C17H30O2. The fourth-order valence-electron chi connectivity index (χ4n) is 2.14. The molecule has 2 nitrogen and oxygen atoms in total. The fourth-order valence-corrected chi connectivity index (χ4v) is 2.14. The van der Waals surface area contributed by atoms with Gasteiger partial charge >= 0.3 is 0 Å². The number of ether oxygens (including phenoxy) is 2. The zero-order valence-electron chi connectivity index (χ0n) is 12.9. The summed E-state index contributed by atoms with van der Waals surface area (Å²) in [5, 5.41) is 0. The van der Waals surface area contributed by atoms with Gasteiger partial charge in [0.25, 0.3) is 0 Å². The zero-order valence-corrected chi connectivity index (χ0v) is 12.9. The Balaban J connectivity index is 2.06. The molecule has 1 atom stereocenters. The largest absolute Gasteiger partial charge is 0.378 e. The van der Waals surface area contributed by atoms with Gasteiger partial charge in [0.2, 0.25) is 0 Å². The molecular weight excluding hydrogens is 236 g/mol. The molecule has 1 aliphatic heterocycles. The number of hydrogen-bond acceptors (Lipinski definition) is 2. The predicted molar refractivity (Wildman–Crippen MR) is 81.4 cm³/mol. The molecule has 0 aliphatic carbocycles. The summed E-state index contributed by atoms with van der Waals surface area (Å²) in [6.45, 7) is 9.18. The summed E-state index contributed by atoms with van der Waals surface area (Å²) >= 11 is 0. The lowest BCUT2D eigenvalue weighted by Crippen LogP contribution is -2.03. The van der Waals surface area contributed by atoms with Crippen LogP contribution in [0.4, 0.5) is 0 Å². The van der Waals surface area contributed by atoms with Gasteiger partial charge in [0.1, 0.15) is 6.10 Å². The summed E-state index contributed by atoms with van der Waals surface area (Å²) in [4.78, 5) is 0. The molecule has 1 unspecified atom stereocenters. The zero-order chi connectivity index (χ0) is 13.9. The third-order valence-electron chi connectivity index (χ3n) is 3.49. The summed E-state index contributed by atoms with van der Waals surface area (Å²) in [6, 6.07) is 0. The molecule has 2 heteroatoms. The van der Waals surface area contributed by atoms with Crippen LogP contribution in [0.25, 0.3) is 0 Å². The standard InChI is InChI=1S/C17H30O2/c1-4-8-15(3)9-6-7-10-16(5-2)11-12-18-13-17-14-19-17/h8,10,17H,4-7,9,11-14H2,1-3H3/b15-8+,16-10-. The molecule has 0 N–H and O–H groups in total. The van der Waals surface area contributed by atoms with E-state index in [9.17, 15) is 0 Å². The molecule has 0 bridgehead atoms. The van der Waals surface area contributed by atoms with Crippen molar-refractivity contribution in [2.24, 2.45) is 0 Å². The molecule has 1 saturated heterocycles. The third-order valence-corrected chi connectivity index (χ3v) is 3.49. The average Bonchev–Trinajstić information content (AvgIpc) is 3.21. The van der Waals surface area contributed by atoms with Crippen LogP contribution in [0.1, 0.15) is 59.3 Å². The SMILES string of the molecule is CC/C=C(\C)CCC/C=C(/CC)CCOCC1CO1. The number of hydrogen-bond donors (Lipinski definition) is 0. The van der Waals surface area contributed by atoms with Gasteiger partial charge in [0.05, 0.1) is 19.8 Å². The molecule has 0 aromatic carbocycles. The summed E-state index contributed by atoms with van der Waals surface area (Å²) in [7, 11) is 0. The van der Waals surface area contributed by atoms with Gasteiger partial charge in [-0.2, -0.15) is 0 Å². The Kier molecular flexibility index (Phi) is 8.85. The summed E-state index contributed by atoms with van der Waals surface area (Å²) in [5.41, 5.74) is 3.07. The molecule has 0 amide bonds. The maximum atomic E-state index is 5.59. The second kappa shape index (κ2) is 10.2. The van der Waals surface area contributed by atoms with E-state index < -0.39 is 0 Å². The number of allylic oxidation sites excluding steroid dienone is 3. The highest BCUT2D eigenvalue weighted by Crippen LogP contribution is 2.14. The molecule has 1 aliphatic rings. The molecule has 1 heterocycles. The maximum absolute atomic E-state index is 5.59. The number of rotatable bonds is 11. The minimum absolute atomic E-state index is 0.391. The van der Waals surface area contributed by atoms with Crippen LogP contribution in [0.3, 0.4) is 0 Å². The van der Waals surface area contributed by atoms with Crippen LogP contribution in [-0.2, 0) is 9.47 Å². The lowest BCUT2D eigenvalue weighted by molar-refractivity contribution is 0.118. The van der Waals surface area contributed by atoms with E-state index in [-0.39, 0.29) is 0 Å². The molecule has 19 heavy (non-hydrogen) atoms. The summed E-state index contributed by atoms with van der Waals surface area (Å²) < 4.78 is 10.7. The van der Waals surface area contributed by atoms with Gasteiger partial charge in [-0.05, 0) is 45.4 Å². The van der Waals surface area contributed by atoms with Crippen LogP contribution in [0, 0.1) is 0 Å². The Labute approximate surface area is 118 Å². The first-order chi connectivity index (χ1) is 9.26. The monoisotopic (exact) mass is 266 g/mol. The summed E-state index contributed by atoms with van der Waals surface area (Å²) in [6.07, 6.45) is 12.2. The van der Waals surface area contributed by atoms with Gasteiger partial charge in [0, 0.05) is 0 Å². The van der Waals surface area contributed by atoms with Gasteiger partial charge in [-0.25, -0.2) is 0 Å². The minimum Gasteiger partial charge on any atom is -0.378 e. The molecule has 0 spiro atoms. The van der Waals surface area contributed by atoms with Crippen molar-refractivity contribution in [1.82, 2.24) is 0 Å². The van der Waals surface area contributed by atoms with Crippen LogP contribution in [0.5, 0.6) is 0 Å². The van der Waals surface area contributed by atoms with Crippen molar-refractivity contribution in [1.29, 1.82) is 0 Å². The Hall–Kier alpha value is -0.600. The van der Waals surface area contributed by atoms with Crippen molar-refractivity contribution < 1.29 is 9.47 Å². The highest BCUT2D eigenvalue weighted by Gasteiger charge is 2.21. The minimum atomic E-state index is 0.391. The Morgan fingerprint density at radius 2 is 2.05 bits per heavy atom. The van der Waals surface area contributed by atoms with Crippen molar-refractivity contribution >= 4 is 0 Å². The van der Waals surface area contributed by atoms with E-state index in [1.165, 1.54) is 30.4 Å². The third kappa shape index (κ3) is 9.01. The van der Waals surface area contributed by atoms with E-state index in [2.05, 4.69) is 32.9 Å². The Bertz CT molecular complexity index is 288. The first kappa shape index (κ1) is 16.5. The van der Waals surface area contributed by atoms with E-state index >= 15 is 0 Å². The smallest absolute Gasteiger partial charge is 0.104 e. The molecule has 0 saturated carbocycles. The average molecular weight is 266 g/mol. The van der Waals surface area contributed by atoms with Gasteiger partial charge in [-0.15, -0.1) is 0 Å². The normalized spacial score (nSPS) is 19.8. The topological polar surface area (TPSA) is 21.8 Å². The van der Waals surface area contributed by atoms with E-state index in [1.54, 1.807) is 0 Å². The molecule has 1 fully saturated rings. The Morgan fingerprint density at radius 3 is 2.68 bits per heavy atom. The van der Waals surface area contributed by atoms with Crippen LogP contribution in [0.2, 0.25) is 0 Å². The van der Waals surface area contributed by atoms with E-state index in [4.69, 9.17) is 9.47 Å². The van der Waals surface area contributed by atoms with Crippen molar-refractivity contribution in [3.8, 4) is 0 Å². The molecule has 110 valence electrons. The number of epoxide rings is 1. The second-order valence-corrected chi connectivity index (χ2v) is 5.35. The quantitative estimate of drug-likeness (QED) is 0.308. The van der Waals surface area contributed by atoms with Gasteiger partial charge < -0.3 is 9.47 Å². The first-order valence-corrected chi connectivity index (χ1v) is 7.79. The van der Waals surface area contributed by atoms with E-state index in [1.807, 2.05) is 0 Å². The first-order valence-electron chi connectivity index (χ1n) is 7.79. The van der Waals surface area contributed by atoms with E-state index in [0.717, 1.165) is 39.1 Å². The molecule has 0 aromatic heterocycles. The van der Waals surface area contributed by atoms with Crippen molar-refractivity contribution in [2.75, 3.05) is 19.8 Å². The predicted octanol–water partition coefficient (Wildman–Crippen LogP) is 4.65. The maximum Gasteiger partial charge on any atom is 0.104 e.